The Morgan fingerprint density at radius 1 is 1.13 bits per heavy atom. The Balaban J connectivity index is 1.41. The molecule has 10 heteroatoms. The van der Waals surface area contributed by atoms with Crippen molar-refractivity contribution < 1.29 is 32.5 Å². The number of Topliss-reactive ketones (excluding diaryl/α,β-unsaturated/α-hetero) is 1. The lowest BCUT2D eigenvalue weighted by atomic mass is 9.70. The number of aryl methyl sites for hydroxylation is 1. The lowest BCUT2D eigenvalue weighted by Crippen LogP contribution is -2.44. The van der Waals surface area contributed by atoms with Gasteiger partial charge in [-0.15, -0.1) is 0 Å². The molecule has 3 heterocycles. The van der Waals surface area contributed by atoms with Gasteiger partial charge < -0.3 is 23.9 Å². The van der Waals surface area contributed by atoms with Gasteiger partial charge in [0, 0.05) is 63.4 Å². The number of rotatable bonds is 12. The number of aliphatic hydroxyl groups excluding tert-OH is 1. The molecule has 3 aromatic rings. The number of hydrogen-bond acceptors (Lipinski definition) is 7. The van der Waals surface area contributed by atoms with Crippen LogP contribution in [-0.2, 0) is 37.9 Å². The van der Waals surface area contributed by atoms with Crippen LogP contribution >= 0.6 is 0 Å². The number of aliphatic hydroxyl groups is 1. The van der Waals surface area contributed by atoms with Gasteiger partial charge in [-0.3, -0.25) is 9.10 Å². The third kappa shape index (κ3) is 6.26. The number of ketones is 1. The molecule has 0 bridgehead atoms. The van der Waals surface area contributed by atoms with E-state index >= 15 is 0 Å². The molecule has 45 heavy (non-hydrogen) atoms. The summed E-state index contributed by atoms with van der Waals surface area (Å²) in [7, 11) is 1.12. The number of carbonyl (C=O) groups excluding carboxylic acids is 1. The van der Waals surface area contributed by atoms with E-state index in [4.69, 9.17) is 14.2 Å². The second-order valence-corrected chi connectivity index (χ2v) is 15.9. The summed E-state index contributed by atoms with van der Waals surface area (Å²) in [6.07, 6.45) is 5.02. The minimum absolute atomic E-state index is 0.0827. The van der Waals surface area contributed by atoms with Crippen LogP contribution in [0.3, 0.4) is 0 Å². The van der Waals surface area contributed by atoms with Crippen LogP contribution in [0.25, 0.3) is 10.9 Å². The zero-order chi connectivity index (χ0) is 32.6. The summed E-state index contributed by atoms with van der Waals surface area (Å²) in [6, 6.07) is 11.7. The van der Waals surface area contributed by atoms with E-state index in [1.807, 2.05) is 29.0 Å². The molecule has 2 aromatic carbocycles. The van der Waals surface area contributed by atoms with Crippen molar-refractivity contribution >= 4 is 32.4 Å². The van der Waals surface area contributed by atoms with E-state index in [9.17, 15) is 18.3 Å². The highest BCUT2D eigenvalue weighted by Gasteiger charge is 2.42. The maximum Gasteiger partial charge on any atom is 0.241 e. The van der Waals surface area contributed by atoms with Crippen molar-refractivity contribution in [1.82, 2.24) is 4.57 Å². The number of anilines is 1. The Hall–Kier alpha value is -2.92. The fraction of sp³-hybridized carbons (Fsp3) is 0.571. The number of nitrogens with zero attached hydrogens (tertiary/aromatic N) is 2. The summed E-state index contributed by atoms with van der Waals surface area (Å²) >= 11 is 0. The van der Waals surface area contributed by atoms with E-state index < -0.39 is 26.8 Å². The van der Waals surface area contributed by atoms with Gasteiger partial charge in [-0.2, -0.15) is 0 Å². The van der Waals surface area contributed by atoms with Crippen LogP contribution in [0.4, 0.5) is 5.69 Å². The van der Waals surface area contributed by atoms with Gasteiger partial charge in [0.1, 0.15) is 10.5 Å². The fourth-order valence-corrected chi connectivity index (χ4v) is 8.66. The molecule has 0 unspecified atom stereocenters. The molecular formula is C35H48N2O7S. The molecule has 5 rings (SSSR count). The number of methoxy groups -OCH3 is 2. The van der Waals surface area contributed by atoms with Gasteiger partial charge >= 0.3 is 0 Å². The molecule has 1 N–H and O–H groups in total. The quantitative estimate of drug-likeness (QED) is 0.261. The molecule has 9 nitrogen and oxygen atoms in total. The third-order valence-electron chi connectivity index (χ3n) is 10.1. The lowest BCUT2D eigenvalue weighted by molar-refractivity contribution is 0.0161. The second kappa shape index (κ2) is 13.1. The van der Waals surface area contributed by atoms with E-state index in [1.165, 1.54) is 9.87 Å². The van der Waals surface area contributed by atoms with E-state index in [1.54, 1.807) is 41.2 Å². The topological polar surface area (TPSA) is 107 Å². The molecule has 2 aliphatic rings. The largest absolute Gasteiger partial charge is 0.497 e. The van der Waals surface area contributed by atoms with Crippen molar-refractivity contribution in [2.75, 3.05) is 45.4 Å². The summed E-state index contributed by atoms with van der Waals surface area (Å²) in [5.74, 6) is 0.235. The van der Waals surface area contributed by atoms with Crippen LogP contribution in [0.2, 0.25) is 0 Å². The van der Waals surface area contributed by atoms with Crippen molar-refractivity contribution in [3.05, 3.63) is 59.3 Å². The number of hydrogen-bond donors (Lipinski definition) is 1. The van der Waals surface area contributed by atoms with Gasteiger partial charge in [0.05, 0.1) is 31.0 Å². The Kier molecular flexibility index (Phi) is 9.71. The normalized spacial score (nSPS) is 20.0. The molecule has 2 aliphatic heterocycles. The van der Waals surface area contributed by atoms with Gasteiger partial charge in [0.2, 0.25) is 10.0 Å². The maximum atomic E-state index is 13.9. The average Bonchev–Trinajstić information content (AvgIpc) is 3.37. The van der Waals surface area contributed by atoms with Gasteiger partial charge in [-0.1, -0.05) is 19.1 Å². The molecule has 0 amide bonds. The van der Waals surface area contributed by atoms with Crippen molar-refractivity contribution in [2.45, 2.75) is 82.1 Å². The number of aromatic nitrogens is 1. The standard InChI is InChI=1S/C35H48N2O7S/c1-7-24-21-37-23-34(2,3)45(40,41)36(4)30-18-25(17-29(24)33(30)37)32(39)19-26(22-42-5)31(38)11-12-35(13-15-44-16-14-35)27-9-8-10-28(20-27)43-6/h8-10,17-18,20-21,26,31,38H,7,11-16,19,22-23H2,1-6H3/t26-,31+/m0/s1. The summed E-state index contributed by atoms with van der Waals surface area (Å²) in [5, 5.41) is 12.4. The Morgan fingerprint density at radius 3 is 2.53 bits per heavy atom. The minimum atomic E-state index is -3.69. The lowest BCUT2D eigenvalue weighted by Gasteiger charge is -2.39. The molecule has 0 radical (unpaired) electrons. The Morgan fingerprint density at radius 2 is 1.87 bits per heavy atom. The summed E-state index contributed by atoms with van der Waals surface area (Å²) in [5.41, 5.74) is 3.86. The van der Waals surface area contributed by atoms with Crippen LogP contribution in [0.15, 0.2) is 42.6 Å². The fourth-order valence-electron chi connectivity index (χ4n) is 7.22. The molecule has 1 fully saturated rings. The molecule has 246 valence electrons. The smallest absolute Gasteiger partial charge is 0.241 e. The first-order valence-corrected chi connectivity index (χ1v) is 17.4. The number of benzene rings is 2. The molecule has 2 atom stereocenters. The molecule has 0 aliphatic carbocycles. The van der Waals surface area contributed by atoms with Crippen LogP contribution in [0, 0.1) is 5.92 Å². The van der Waals surface area contributed by atoms with Crippen LogP contribution in [-0.4, -0.2) is 75.8 Å². The highest BCUT2D eigenvalue weighted by Crippen LogP contribution is 2.42. The zero-order valence-corrected chi connectivity index (χ0v) is 28.3. The summed E-state index contributed by atoms with van der Waals surface area (Å²) in [4.78, 5) is 13.9. The van der Waals surface area contributed by atoms with Crippen molar-refractivity contribution in [3.63, 3.8) is 0 Å². The highest BCUT2D eigenvalue weighted by molar-refractivity contribution is 7.94. The van der Waals surface area contributed by atoms with Crippen LogP contribution in [0.1, 0.15) is 74.4 Å². The monoisotopic (exact) mass is 640 g/mol. The highest BCUT2D eigenvalue weighted by atomic mass is 32.2. The van der Waals surface area contributed by atoms with E-state index in [0.717, 1.165) is 47.9 Å². The Labute approximate surface area is 267 Å². The molecule has 0 saturated carbocycles. The van der Waals surface area contributed by atoms with Gasteiger partial charge in [-0.05, 0) is 86.8 Å². The SMILES string of the molecule is CCc1cn2c3c(cc(C(=O)C[C@@H](COC)[C@H](O)CCC4(c5cccc(OC)c5)CCOCC4)cc13)N(C)S(=O)(=O)C(C)(C)C2. The Bertz CT molecular complexity index is 1640. The third-order valence-corrected chi connectivity index (χ3v) is 12.6. The zero-order valence-electron chi connectivity index (χ0n) is 27.5. The van der Waals surface area contributed by atoms with E-state index in [2.05, 4.69) is 19.1 Å². The van der Waals surface area contributed by atoms with Crippen molar-refractivity contribution in [2.24, 2.45) is 5.92 Å². The van der Waals surface area contributed by atoms with Gasteiger partial charge in [0.15, 0.2) is 5.78 Å². The van der Waals surface area contributed by atoms with Gasteiger partial charge in [0.25, 0.3) is 0 Å². The number of sulfonamides is 1. The molecular weight excluding hydrogens is 592 g/mol. The first-order chi connectivity index (χ1) is 21.4. The predicted octanol–water partition coefficient (Wildman–Crippen LogP) is 5.50. The summed E-state index contributed by atoms with van der Waals surface area (Å²) in [6.45, 7) is 7.40. The van der Waals surface area contributed by atoms with Gasteiger partial charge in [-0.25, -0.2) is 8.42 Å². The minimum Gasteiger partial charge on any atom is -0.497 e. The second-order valence-electron chi connectivity index (χ2n) is 13.3. The van der Waals surface area contributed by atoms with E-state index in [-0.39, 0.29) is 24.2 Å². The van der Waals surface area contributed by atoms with Crippen molar-refractivity contribution in [1.29, 1.82) is 0 Å². The molecule has 1 saturated heterocycles. The van der Waals surface area contributed by atoms with Crippen LogP contribution < -0.4 is 9.04 Å². The number of ether oxygens (including phenoxy) is 3. The molecule has 0 spiro atoms. The maximum absolute atomic E-state index is 13.9. The van der Waals surface area contributed by atoms with E-state index in [0.29, 0.717) is 37.4 Å². The average molecular weight is 641 g/mol. The predicted molar refractivity (Wildman–Crippen MR) is 177 cm³/mol. The molecule has 1 aromatic heterocycles. The van der Waals surface area contributed by atoms with Crippen molar-refractivity contribution in [3.8, 4) is 5.75 Å². The first kappa shape index (κ1) is 33.4. The first-order valence-electron chi connectivity index (χ1n) is 15.9. The van der Waals surface area contributed by atoms with Crippen LogP contribution in [0.5, 0.6) is 5.75 Å². The summed E-state index contributed by atoms with van der Waals surface area (Å²) < 4.78 is 46.2. The number of carbonyl (C=O) groups is 1.